The average Bonchev–Trinajstić information content (AvgIpc) is 2.54. The van der Waals surface area contributed by atoms with E-state index in [0.717, 1.165) is 11.4 Å². The molecule has 0 amide bonds. The van der Waals surface area contributed by atoms with Crippen LogP contribution in [0.3, 0.4) is 0 Å². The van der Waals surface area contributed by atoms with E-state index >= 15 is 0 Å². The average molecular weight is 321 g/mol. The third-order valence-electron chi connectivity index (χ3n) is 3.63. The van der Waals surface area contributed by atoms with E-state index in [-0.39, 0.29) is 11.4 Å². The van der Waals surface area contributed by atoms with Crippen molar-refractivity contribution in [2.24, 2.45) is 0 Å². The summed E-state index contributed by atoms with van der Waals surface area (Å²) in [5.41, 5.74) is 2.97. The molecule has 24 heavy (non-hydrogen) atoms. The maximum Gasteiger partial charge on any atom is 0.271 e. The first-order chi connectivity index (χ1) is 11.5. The van der Waals surface area contributed by atoms with Crippen molar-refractivity contribution in [3.8, 4) is 28.3 Å². The van der Waals surface area contributed by atoms with Crippen LogP contribution in [0.1, 0.15) is 11.4 Å². The lowest BCUT2D eigenvalue weighted by atomic mass is 10.0. The molecule has 0 radical (unpaired) electrons. The minimum Gasteiger partial charge on any atom is -0.507 e. The first-order valence-corrected chi connectivity index (χ1v) is 7.35. The second-order valence-electron chi connectivity index (χ2n) is 5.48. The monoisotopic (exact) mass is 321 g/mol. The molecule has 3 aromatic rings. The van der Waals surface area contributed by atoms with E-state index in [1.807, 2.05) is 26.0 Å². The number of phenols is 1. The first-order valence-electron chi connectivity index (χ1n) is 7.35. The fourth-order valence-electron chi connectivity index (χ4n) is 2.50. The zero-order valence-electron chi connectivity index (χ0n) is 13.2. The second kappa shape index (κ2) is 6.08. The van der Waals surface area contributed by atoms with Gasteiger partial charge in [-0.3, -0.25) is 20.1 Å². The molecule has 2 heterocycles. The van der Waals surface area contributed by atoms with Gasteiger partial charge in [0.15, 0.2) is 0 Å². The summed E-state index contributed by atoms with van der Waals surface area (Å²) in [5, 5.41) is 22.0. The van der Waals surface area contributed by atoms with Gasteiger partial charge in [-0.25, -0.2) is 0 Å². The summed E-state index contributed by atoms with van der Waals surface area (Å²) in [6.45, 7) is 3.64. The predicted octanol–water partition coefficient (Wildman–Crippen LogP) is 4.04. The molecular formula is C18H15N3O3. The van der Waals surface area contributed by atoms with Crippen molar-refractivity contribution in [2.75, 3.05) is 0 Å². The molecule has 6 heteroatoms. The fourth-order valence-corrected chi connectivity index (χ4v) is 2.50. The Morgan fingerprint density at radius 1 is 0.917 bits per heavy atom. The van der Waals surface area contributed by atoms with Crippen LogP contribution in [0, 0.1) is 24.0 Å². The number of nitro benzene ring substituents is 1. The lowest BCUT2D eigenvalue weighted by Gasteiger charge is -2.10. The van der Waals surface area contributed by atoms with Gasteiger partial charge < -0.3 is 5.11 Å². The van der Waals surface area contributed by atoms with Crippen LogP contribution < -0.4 is 0 Å². The van der Waals surface area contributed by atoms with E-state index in [1.54, 1.807) is 24.3 Å². The van der Waals surface area contributed by atoms with Crippen LogP contribution in [0.2, 0.25) is 0 Å². The van der Waals surface area contributed by atoms with Crippen LogP contribution in [0.4, 0.5) is 5.69 Å². The zero-order valence-corrected chi connectivity index (χ0v) is 13.2. The third-order valence-corrected chi connectivity index (χ3v) is 3.63. The van der Waals surface area contributed by atoms with Gasteiger partial charge in [-0.2, -0.15) is 0 Å². The maximum atomic E-state index is 11.3. The highest BCUT2D eigenvalue weighted by Gasteiger charge is 2.20. The second-order valence-corrected chi connectivity index (χ2v) is 5.48. The summed E-state index contributed by atoms with van der Waals surface area (Å²) in [7, 11) is 0. The number of nitrogens with zero attached hydrogens (tertiary/aromatic N) is 3. The van der Waals surface area contributed by atoms with Gasteiger partial charge >= 0.3 is 0 Å². The number of rotatable bonds is 3. The Labute approximate surface area is 138 Å². The largest absolute Gasteiger partial charge is 0.507 e. The van der Waals surface area contributed by atoms with Crippen molar-refractivity contribution in [1.29, 1.82) is 0 Å². The minimum atomic E-state index is -0.488. The molecule has 0 saturated heterocycles. The number of phenolic OH excluding ortho intramolecular Hbond substituents is 1. The van der Waals surface area contributed by atoms with E-state index in [2.05, 4.69) is 9.97 Å². The summed E-state index contributed by atoms with van der Waals surface area (Å²) in [6.07, 6.45) is 0. The van der Waals surface area contributed by atoms with Crippen molar-refractivity contribution < 1.29 is 10.0 Å². The van der Waals surface area contributed by atoms with E-state index in [4.69, 9.17) is 0 Å². The molecule has 0 unspecified atom stereocenters. The van der Waals surface area contributed by atoms with Crippen molar-refractivity contribution in [3.63, 3.8) is 0 Å². The number of hydrogen-bond donors (Lipinski definition) is 1. The van der Waals surface area contributed by atoms with Crippen LogP contribution >= 0.6 is 0 Å². The first kappa shape index (κ1) is 15.6. The highest BCUT2D eigenvalue weighted by Crippen LogP contribution is 2.40. The standard InChI is InChI=1S/C18H15N3O3/c1-11-5-3-7-16(19-11)14-9-13(21(23)24)10-15(18(14)22)17-8-4-6-12(2)20-17/h3-10,22H,1-2H3. The molecule has 0 atom stereocenters. The molecule has 0 aliphatic rings. The highest BCUT2D eigenvalue weighted by atomic mass is 16.6. The van der Waals surface area contributed by atoms with Gasteiger partial charge in [0.2, 0.25) is 0 Å². The molecule has 0 bridgehead atoms. The number of hydrogen-bond acceptors (Lipinski definition) is 5. The van der Waals surface area contributed by atoms with E-state index < -0.39 is 4.92 Å². The molecule has 1 aromatic carbocycles. The van der Waals surface area contributed by atoms with Crippen LogP contribution in [0.25, 0.3) is 22.5 Å². The van der Waals surface area contributed by atoms with E-state index in [0.29, 0.717) is 22.5 Å². The van der Waals surface area contributed by atoms with Crippen molar-refractivity contribution in [1.82, 2.24) is 9.97 Å². The molecule has 120 valence electrons. The number of aromatic nitrogens is 2. The molecule has 2 aromatic heterocycles. The van der Waals surface area contributed by atoms with E-state index in [9.17, 15) is 15.2 Å². The van der Waals surface area contributed by atoms with E-state index in [1.165, 1.54) is 12.1 Å². The van der Waals surface area contributed by atoms with Crippen LogP contribution in [0.5, 0.6) is 5.75 Å². The molecule has 6 nitrogen and oxygen atoms in total. The third kappa shape index (κ3) is 2.94. The molecule has 3 rings (SSSR count). The normalized spacial score (nSPS) is 10.6. The smallest absolute Gasteiger partial charge is 0.271 e. The van der Waals surface area contributed by atoms with Gasteiger partial charge in [-0.1, -0.05) is 12.1 Å². The van der Waals surface area contributed by atoms with Gasteiger partial charge in [-0.05, 0) is 38.1 Å². The van der Waals surface area contributed by atoms with Gasteiger partial charge in [0, 0.05) is 34.6 Å². The Bertz CT molecular complexity index is 872. The van der Waals surface area contributed by atoms with Crippen LogP contribution in [-0.4, -0.2) is 20.0 Å². The van der Waals surface area contributed by atoms with Gasteiger partial charge in [-0.15, -0.1) is 0 Å². The Hall–Kier alpha value is -3.28. The van der Waals surface area contributed by atoms with Crippen LogP contribution in [0.15, 0.2) is 48.5 Å². The van der Waals surface area contributed by atoms with Gasteiger partial charge in [0.1, 0.15) is 5.75 Å². The van der Waals surface area contributed by atoms with Crippen molar-refractivity contribution in [2.45, 2.75) is 13.8 Å². The Morgan fingerprint density at radius 2 is 1.38 bits per heavy atom. The lowest BCUT2D eigenvalue weighted by Crippen LogP contribution is -1.95. The zero-order chi connectivity index (χ0) is 17.3. The SMILES string of the molecule is Cc1cccc(-c2cc([N+](=O)[O-])cc(-c3cccc(C)n3)c2O)n1. The minimum absolute atomic E-state index is 0.0724. The quantitative estimate of drug-likeness (QED) is 0.581. The number of pyridine rings is 2. The molecule has 0 aliphatic heterocycles. The maximum absolute atomic E-state index is 11.3. The number of aryl methyl sites for hydroxylation is 2. The molecule has 0 aliphatic carbocycles. The van der Waals surface area contributed by atoms with Gasteiger partial charge in [0.05, 0.1) is 16.3 Å². The summed E-state index contributed by atoms with van der Waals surface area (Å²) >= 11 is 0. The topological polar surface area (TPSA) is 89.2 Å². The summed E-state index contributed by atoms with van der Waals surface area (Å²) in [5.74, 6) is -0.0724. The number of non-ortho nitro benzene ring substituents is 1. The predicted molar refractivity (Wildman–Crippen MR) is 90.7 cm³/mol. The number of nitro groups is 1. The number of benzene rings is 1. The molecular weight excluding hydrogens is 306 g/mol. The number of aromatic hydroxyl groups is 1. The molecule has 0 spiro atoms. The lowest BCUT2D eigenvalue weighted by molar-refractivity contribution is -0.384. The van der Waals surface area contributed by atoms with Crippen molar-refractivity contribution in [3.05, 3.63) is 70.0 Å². The highest BCUT2D eigenvalue weighted by molar-refractivity contribution is 5.82. The van der Waals surface area contributed by atoms with Crippen LogP contribution in [-0.2, 0) is 0 Å². The fraction of sp³-hybridized carbons (Fsp3) is 0.111. The van der Waals surface area contributed by atoms with Crippen molar-refractivity contribution >= 4 is 5.69 Å². The Kier molecular flexibility index (Phi) is 3.95. The molecule has 1 N–H and O–H groups in total. The Morgan fingerprint density at radius 3 is 1.75 bits per heavy atom. The molecule has 0 fully saturated rings. The summed E-state index contributed by atoms with van der Waals surface area (Å²) < 4.78 is 0. The molecule has 0 saturated carbocycles. The summed E-state index contributed by atoms with van der Waals surface area (Å²) in [6, 6.07) is 13.3. The Balaban J connectivity index is 2.29. The van der Waals surface area contributed by atoms with Gasteiger partial charge in [0.25, 0.3) is 5.69 Å². The summed E-state index contributed by atoms with van der Waals surface area (Å²) in [4.78, 5) is 19.5.